The maximum atomic E-state index is 2.39. The van der Waals surface area contributed by atoms with Crippen LogP contribution in [0.4, 0.5) is 17.1 Å². The molecule has 0 aliphatic rings. The highest BCUT2D eigenvalue weighted by molar-refractivity contribution is 6.22. The number of hydrogen-bond acceptors (Lipinski definition) is 1. The third kappa shape index (κ3) is 6.46. The van der Waals surface area contributed by atoms with Gasteiger partial charge in [0.1, 0.15) is 0 Å². The molecule has 0 aromatic heterocycles. The van der Waals surface area contributed by atoms with Crippen molar-refractivity contribution < 1.29 is 0 Å². The van der Waals surface area contributed by atoms with Gasteiger partial charge in [-0.15, -0.1) is 0 Å². The van der Waals surface area contributed by atoms with Gasteiger partial charge in [-0.2, -0.15) is 0 Å². The number of rotatable bonds is 8. The fourth-order valence-electron chi connectivity index (χ4n) is 8.37. The molecular formula is C56H39N. The van der Waals surface area contributed by atoms with Crippen LogP contribution in [0.25, 0.3) is 77.2 Å². The van der Waals surface area contributed by atoms with Crippen LogP contribution >= 0.6 is 0 Å². The largest absolute Gasteiger partial charge is 0.310 e. The molecule has 0 aliphatic carbocycles. The molecule has 0 amide bonds. The fraction of sp³-hybridized carbons (Fsp3) is 0. The van der Waals surface area contributed by atoms with Gasteiger partial charge in [0, 0.05) is 16.9 Å². The Morgan fingerprint density at radius 1 is 0.228 bits per heavy atom. The lowest BCUT2D eigenvalue weighted by molar-refractivity contribution is 1.28. The molecule has 0 N–H and O–H groups in total. The number of nitrogens with zero attached hydrogens (tertiary/aromatic N) is 1. The Labute approximate surface area is 334 Å². The van der Waals surface area contributed by atoms with E-state index < -0.39 is 0 Å². The SMILES string of the molecule is c1ccc(-c2ccc(N(c3ccc(-c4ccc5c(-c6ccccc6)c(-c6ccccc6)c6ccccc6c5c4)cc3)c3ccccc3-c3ccccc3)cc2)cc1. The molecule has 0 saturated carbocycles. The van der Waals surface area contributed by atoms with Gasteiger partial charge in [0.2, 0.25) is 0 Å². The Morgan fingerprint density at radius 3 is 1.18 bits per heavy atom. The summed E-state index contributed by atoms with van der Waals surface area (Å²) in [5, 5.41) is 5.02. The molecule has 0 atom stereocenters. The number of para-hydroxylation sites is 1. The molecule has 0 saturated heterocycles. The minimum atomic E-state index is 1.10. The molecule has 1 nitrogen and oxygen atoms in total. The van der Waals surface area contributed by atoms with E-state index in [-0.39, 0.29) is 0 Å². The van der Waals surface area contributed by atoms with Crippen LogP contribution in [-0.2, 0) is 0 Å². The minimum absolute atomic E-state index is 1.10. The van der Waals surface area contributed by atoms with E-state index >= 15 is 0 Å². The van der Waals surface area contributed by atoms with Gasteiger partial charge < -0.3 is 4.90 Å². The molecule has 10 aromatic carbocycles. The first-order valence-electron chi connectivity index (χ1n) is 19.6. The van der Waals surface area contributed by atoms with Crippen molar-refractivity contribution in [2.24, 2.45) is 0 Å². The molecule has 0 unspecified atom stereocenters. The quantitative estimate of drug-likeness (QED) is 0.141. The highest BCUT2D eigenvalue weighted by Gasteiger charge is 2.20. The zero-order valence-corrected chi connectivity index (χ0v) is 31.5. The third-order valence-electron chi connectivity index (χ3n) is 11.1. The summed E-state index contributed by atoms with van der Waals surface area (Å²) in [7, 11) is 0. The van der Waals surface area contributed by atoms with E-state index in [0.717, 1.165) is 17.1 Å². The van der Waals surface area contributed by atoms with Crippen molar-refractivity contribution in [1.29, 1.82) is 0 Å². The number of benzene rings is 10. The average molecular weight is 726 g/mol. The van der Waals surface area contributed by atoms with E-state index in [1.807, 2.05) is 0 Å². The lowest BCUT2D eigenvalue weighted by Crippen LogP contribution is -2.11. The second-order valence-corrected chi connectivity index (χ2v) is 14.5. The van der Waals surface area contributed by atoms with E-state index in [1.165, 1.54) is 77.2 Å². The van der Waals surface area contributed by atoms with Crippen LogP contribution in [-0.4, -0.2) is 0 Å². The monoisotopic (exact) mass is 725 g/mol. The molecule has 0 heterocycles. The summed E-state index contributed by atoms with van der Waals surface area (Å²) in [6.07, 6.45) is 0. The van der Waals surface area contributed by atoms with Gasteiger partial charge in [-0.05, 0) is 108 Å². The molecule has 268 valence electrons. The lowest BCUT2D eigenvalue weighted by atomic mass is 9.84. The van der Waals surface area contributed by atoms with Crippen molar-refractivity contribution in [3.05, 3.63) is 237 Å². The fourth-order valence-corrected chi connectivity index (χ4v) is 8.37. The Morgan fingerprint density at radius 2 is 0.614 bits per heavy atom. The van der Waals surface area contributed by atoms with Gasteiger partial charge in [-0.1, -0.05) is 200 Å². The molecule has 57 heavy (non-hydrogen) atoms. The maximum absolute atomic E-state index is 2.39. The van der Waals surface area contributed by atoms with Gasteiger partial charge in [0.25, 0.3) is 0 Å². The van der Waals surface area contributed by atoms with E-state index in [2.05, 4.69) is 241 Å². The highest BCUT2D eigenvalue weighted by atomic mass is 15.1. The third-order valence-corrected chi connectivity index (χ3v) is 11.1. The molecule has 0 spiro atoms. The smallest absolute Gasteiger partial charge is 0.0540 e. The van der Waals surface area contributed by atoms with Crippen LogP contribution in [0, 0.1) is 0 Å². The van der Waals surface area contributed by atoms with Crippen molar-refractivity contribution in [2.45, 2.75) is 0 Å². The number of hydrogen-bond donors (Lipinski definition) is 0. The maximum Gasteiger partial charge on any atom is 0.0540 e. The molecule has 1 heteroatoms. The van der Waals surface area contributed by atoms with E-state index in [9.17, 15) is 0 Å². The minimum Gasteiger partial charge on any atom is -0.310 e. The Kier molecular flexibility index (Phi) is 8.95. The van der Waals surface area contributed by atoms with E-state index in [4.69, 9.17) is 0 Å². The first-order valence-corrected chi connectivity index (χ1v) is 19.6. The summed E-state index contributed by atoms with van der Waals surface area (Å²) in [4.78, 5) is 2.38. The second-order valence-electron chi connectivity index (χ2n) is 14.5. The van der Waals surface area contributed by atoms with Gasteiger partial charge >= 0.3 is 0 Å². The summed E-state index contributed by atoms with van der Waals surface area (Å²) in [5.41, 5.74) is 15.4. The van der Waals surface area contributed by atoms with Crippen LogP contribution in [0.2, 0.25) is 0 Å². The van der Waals surface area contributed by atoms with E-state index in [1.54, 1.807) is 0 Å². The lowest BCUT2D eigenvalue weighted by Gasteiger charge is -2.28. The highest BCUT2D eigenvalue weighted by Crippen LogP contribution is 2.46. The number of anilines is 3. The predicted octanol–water partition coefficient (Wildman–Crippen LogP) is 15.8. The second kappa shape index (κ2) is 15.0. The Hall–Kier alpha value is -7.48. The van der Waals surface area contributed by atoms with Gasteiger partial charge in [0.05, 0.1) is 5.69 Å². The van der Waals surface area contributed by atoms with Crippen molar-refractivity contribution in [2.75, 3.05) is 4.90 Å². The van der Waals surface area contributed by atoms with Crippen molar-refractivity contribution >= 4 is 38.6 Å². The summed E-state index contributed by atoms with van der Waals surface area (Å²) in [5.74, 6) is 0. The van der Waals surface area contributed by atoms with Crippen LogP contribution in [0.1, 0.15) is 0 Å². The van der Waals surface area contributed by atoms with Crippen LogP contribution in [0.3, 0.4) is 0 Å². The molecule has 10 rings (SSSR count). The van der Waals surface area contributed by atoms with Crippen LogP contribution in [0.15, 0.2) is 237 Å². The van der Waals surface area contributed by atoms with Gasteiger partial charge in [0.15, 0.2) is 0 Å². The van der Waals surface area contributed by atoms with Crippen LogP contribution in [0.5, 0.6) is 0 Å². The molecule has 0 radical (unpaired) electrons. The van der Waals surface area contributed by atoms with Gasteiger partial charge in [-0.3, -0.25) is 0 Å². The molecule has 10 aromatic rings. The topological polar surface area (TPSA) is 3.24 Å². The molecule has 0 bridgehead atoms. The standard InChI is InChI=1S/C56H39N/c1-5-17-40(18-6-1)41-29-34-47(35-30-41)57(54-28-16-15-25-49(54)43-19-7-2-8-20-43)48-36-31-42(32-37-48)46-33-38-52-53(39-46)50-26-13-14-27-51(50)55(44-21-9-3-10-22-44)56(52)45-23-11-4-12-24-45/h1-39H. The zero-order valence-electron chi connectivity index (χ0n) is 31.5. The normalized spacial score (nSPS) is 11.2. The van der Waals surface area contributed by atoms with Crippen molar-refractivity contribution in [1.82, 2.24) is 0 Å². The Bertz CT molecular complexity index is 2950. The summed E-state index contributed by atoms with van der Waals surface area (Å²) >= 11 is 0. The van der Waals surface area contributed by atoms with Crippen molar-refractivity contribution in [3.63, 3.8) is 0 Å². The molecular weight excluding hydrogens is 687 g/mol. The predicted molar refractivity (Wildman–Crippen MR) is 243 cm³/mol. The average Bonchev–Trinajstić information content (AvgIpc) is 3.30. The van der Waals surface area contributed by atoms with E-state index in [0.29, 0.717) is 0 Å². The van der Waals surface area contributed by atoms with Crippen LogP contribution < -0.4 is 4.90 Å². The summed E-state index contributed by atoms with van der Waals surface area (Å²) in [6.45, 7) is 0. The first-order chi connectivity index (χ1) is 28.3. The first kappa shape index (κ1) is 34.0. The Balaban J connectivity index is 1.11. The summed E-state index contributed by atoms with van der Waals surface area (Å²) < 4.78 is 0. The number of fused-ring (bicyclic) bond motifs is 3. The van der Waals surface area contributed by atoms with Gasteiger partial charge in [-0.25, -0.2) is 0 Å². The summed E-state index contributed by atoms with van der Waals surface area (Å²) in [6, 6.07) is 85.5. The van der Waals surface area contributed by atoms with Crippen molar-refractivity contribution in [3.8, 4) is 55.6 Å². The zero-order chi connectivity index (χ0) is 38.0. The molecule has 0 aliphatic heterocycles. The molecule has 0 fully saturated rings.